The Balaban J connectivity index is 1.82. The number of aromatic nitrogens is 2. The van der Waals surface area contributed by atoms with Crippen molar-refractivity contribution in [1.29, 1.82) is 0 Å². The van der Waals surface area contributed by atoms with Gasteiger partial charge < -0.3 is 14.4 Å². The molecule has 1 aromatic carbocycles. The van der Waals surface area contributed by atoms with Crippen LogP contribution in [0.5, 0.6) is 0 Å². The van der Waals surface area contributed by atoms with Gasteiger partial charge in [0.2, 0.25) is 5.89 Å². The molecule has 1 aliphatic rings. The van der Waals surface area contributed by atoms with Crippen LogP contribution in [-0.4, -0.2) is 34.1 Å². The minimum Gasteiger partial charge on any atom is -0.409 e. The maximum atomic E-state index is 9.74. The van der Waals surface area contributed by atoms with Crippen molar-refractivity contribution in [3.8, 4) is 11.5 Å². The summed E-state index contributed by atoms with van der Waals surface area (Å²) in [7, 11) is 0. The number of aliphatic hydroxyl groups excluding tert-OH is 1. The molecule has 0 saturated carbocycles. The molecular formula is C14H17BrN3O2S+. The van der Waals surface area contributed by atoms with Crippen LogP contribution in [0, 0.1) is 4.84 Å². The standard InChI is InChI=1S/C14H16BrN3O2S/c15-12-6-2-1-5-11(12)13-16-18(14(21)20-13)9-17-7-3-4-10(19)8-17/h1-2,5-6,10,19H,3-4,7-9H2/p+1/t10-/m0/s1. The second kappa shape index (κ2) is 6.39. The molecule has 0 spiro atoms. The third kappa shape index (κ3) is 3.42. The van der Waals surface area contributed by atoms with Crippen molar-refractivity contribution in [3.63, 3.8) is 0 Å². The highest BCUT2D eigenvalue weighted by Crippen LogP contribution is 2.26. The molecule has 1 aromatic heterocycles. The molecular weight excluding hydrogens is 354 g/mol. The summed E-state index contributed by atoms with van der Waals surface area (Å²) in [6, 6.07) is 7.76. The van der Waals surface area contributed by atoms with Crippen LogP contribution < -0.4 is 4.90 Å². The first-order chi connectivity index (χ1) is 10.1. The summed E-state index contributed by atoms with van der Waals surface area (Å²) >= 11 is 8.75. The summed E-state index contributed by atoms with van der Waals surface area (Å²) in [6.45, 7) is 2.39. The molecule has 1 fully saturated rings. The van der Waals surface area contributed by atoms with Crippen LogP contribution >= 0.6 is 28.1 Å². The second-order valence-corrected chi connectivity index (χ2v) is 6.51. The zero-order valence-corrected chi connectivity index (χ0v) is 13.9. The molecule has 2 aromatic rings. The van der Waals surface area contributed by atoms with Gasteiger partial charge in [0.05, 0.1) is 12.1 Å². The first-order valence-corrected chi connectivity index (χ1v) is 8.18. The van der Waals surface area contributed by atoms with Crippen molar-refractivity contribution in [3.05, 3.63) is 33.6 Å². The van der Waals surface area contributed by atoms with Gasteiger partial charge >= 0.3 is 0 Å². The van der Waals surface area contributed by atoms with Gasteiger partial charge in [-0.2, -0.15) is 4.68 Å². The lowest BCUT2D eigenvalue weighted by Crippen LogP contribution is -3.13. The SMILES string of the molecule is O[C@H]1CCC[NH+](Cn2nc(-c3ccccc3Br)oc2=S)C1. The van der Waals surface area contributed by atoms with Crippen LogP contribution in [0.2, 0.25) is 0 Å². The predicted molar refractivity (Wildman–Crippen MR) is 84.4 cm³/mol. The van der Waals surface area contributed by atoms with E-state index in [1.54, 1.807) is 4.68 Å². The van der Waals surface area contributed by atoms with Gasteiger partial charge in [-0.3, -0.25) is 0 Å². The van der Waals surface area contributed by atoms with Crippen LogP contribution in [0.3, 0.4) is 0 Å². The van der Waals surface area contributed by atoms with Gasteiger partial charge in [0.15, 0.2) is 6.67 Å². The number of quaternary nitrogens is 1. The first kappa shape index (κ1) is 14.9. The Labute approximate surface area is 136 Å². The molecule has 2 heterocycles. The van der Waals surface area contributed by atoms with Crippen LogP contribution in [0.15, 0.2) is 33.2 Å². The fourth-order valence-electron chi connectivity index (χ4n) is 2.63. The molecule has 2 N–H and O–H groups in total. The molecule has 2 atom stereocenters. The van der Waals surface area contributed by atoms with Gasteiger partial charge in [0.1, 0.15) is 12.6 Å². The summed E-state index contributed by atoms with van der Waals surface area (Å²) in [5.74, 6) is 0.518. The van der Waals surface area contributed by atoms with E-state index in [4.69, 9.17) is 16.6 Å². The Kier molecular flexibility index (Phi) is 4.54. The van der Waals surface area contributed by atoms with E-state index in [9.17, 15) is 5.11 Å². The van der Waals surface area contributed by atoms with Crippen LogP contribution in [0.25, 0.3) is 11.5 Å². The highest BCUT2D eigenvalue weighted by molar-refractivity contribution is 9.10. The summed E-state index contributed by atoms with van der Waals surface area (Å²) in [5.41, 5.74) is 0.885. The maximum absolute atomic E-state index is 9.74. The van der Waals surface area contributed by atoms with Crippen molar-refractivity contribution in [2.75, 3.05) is 13.1 Å². The minimum absolute atomic E-state index is 0.224. The number of nitrogens with zero attached hydrogens (tertiary/aromatic N) is 2. The van der Waals surface area contributed by atoms with Gasteiger partial charge in [-0.05, 0) is 53.1 Å². The molecule has 1 aliphatic heterocycles. The van der Waals surface area contributed by atoms with Crippen molar-refractivity contribution < 1.29 is 14.4 Å². The van der Waals surface area contributed by atoms with E-state index in [0.717, 1.165) is 36.0 Å². The number of rotatable bonds is 3. The molecule has 112 valence electrons. The number of nitrogens with one attached hydrogen (secondary N) is 1. The fraction of sp³-hybridized carbons (Fsp3) is 0.429. The number of halogens is 1. The van der Waals surface area contributed by atoms with Gasteiger partial charge in [0.25, 0.3) is 4.84 Å². The van der Waals surface area contributed by atoms with Crippen LogP contribution in [0.1, 0.15) is 12.8 Å². The van der Waals surface area contributed by atoms with Crippen molar-refractivity contribution in [2.45, 2.75) is 25.6 Å². The molecule has 0 aliphatic carbocycles. The Morgan fingerprint density at radius 3 is 3.05 bits per heavy atom. The Bertz CT molecular complexity index is 685. The molecule has 0 amide bonds. The van der Waals surface area contributed by atoms with E-state index >= 15 is 0 Å². The number of hydrogen-bond donors (Lipinski definition) is 2. The highest BCUT2D eigenvalue weighted by atomic mass is 79.9. The molecule has 1 unspecified atom stereocenters. The van der Waals surface area contributed by atoms with Gasteiger partial charge in [-0.25, -0.2) is 0 Å². The number of piperidine rings is 1. The molecule has 0 radical (unpaired) electrons. The second-order valence-electron chi connectivity index (χ2n) is 5.31. The zero-order chi connectivity index (χ0) is 14.8. The largest absolute Gasteiger partial charge is 0.409 e. The number of aliphatic hydroxyl groups is 1. The highest BCUT2D eigenvalue weighted by Gasteiger charge is 2.22. The molecule has 0 bridgehead atoms. The van der Waals surface area contributed by atoms with Gasteiger partial charge in [0, 0.05) is 4.47 Å². The summed E-state index contributed by atoms with van der Waals surface area (Å²) < 4.78 is 8.24. The normalized spacial score (nSPS) is 22.4. The number of hydrogen-bond acceptors (Lipinski definition) is 4. The monoisotopic (exact) mass is 370 g/mol. The van der Waals surface area contributed by atoms with E-state index in [0.29, 0.717) is 17.4 Å². The van der Waals surface area contributed by atoms with Crippen LogP contribution in [-0.2, 0) is 6.67 Å². The smallest absolute Gasteiger partial charge is 0.292 e. The Morgan fingerprint density at radius 2 is 2.29 bits per heavy atom. The van der Waals surface area contributed by atoms with E-state index in [-0.39, 0.29) is 6.10 Å². The number of benzene rings is 1. The van der Waals surface area contributed by atoms with E-state index < -0.39 is 0 Å². The average molecular weight is 371 g/mol. The van der Waals surface area contributed by atoms with E-state index in [2.05, 4.69) is 21.0 Å². The van der Waals surface area contributed by atoms with E-state index in [1.807, 2.05) is 24.3 Å². The average Bonchev–Trinajstić information content (AvgIpc) is 2.80. The minimum atomic E-state index is -0.224. The summed E-state index contributed by atoms with van der Waals surface area (Å²) in [6.07, 6.45) is 1.69. The van der Waals surface area contributed by atoms with Gasteiger partial charge in [-0.1, -0.05) is 12.1 Å². The summed E-state index contributed by atoms with van der Waals surface area (Å²) in [4.78, 5) is 1.64. The topological polar surface area (TPSA) is 55.6 Å². The Hall–Kier alpha value is -1.02. The Morgan fingerprint density at radius 1 is 1.48 bits per heavy atom. The quantitative estimate of drug-likeness (QED) is 0.806. The molecule has 5 nitrogen and oxygen atoms in total. The number of likely N-dealkylation sites (tertiary alicyclic amines) is 1. The van der Waals surface area contributed by atoms with Crippen LogP contribution in [0.4, 0.5) is 0 Å². The lowest BCUT2D eigenvalue weighted by Gasteiger charge is -2.26. The lowest BCUT2D eigenvalue weighted by molar-refractivity contribution is -0.931. The lowest BCUT2D eigenvalue weighted by atomic mass is 10.1. The molecule has 1 saturated heterocycles. The molecule has 7 heteroatoms. The maximum Gasteiger partial charge on any atom is 0.292 e. The molecule has 3 rings (SSSR count). The fourth-order valence-corrected chi connectivity index (χ4v) is 3.27. The molecule has 21 heavy (non-hydrogen) atoms. The predicted octanol–water partition coefficient (Wildman–Crippen LogP) is 1.63. The third-order valence-electron chi connectivity index (χ3n) is 3.68. The third-order valence-corrected chi connectivity index (χ3v) is 4.66. The zero-order valence-electron chi connectivity index (χ0n) is 11.5. The van der Waals surface area contributed by atoms with Crippen molar-refractivity contribution >= 4 is 28.1 Å². The van der Waals surface area contributed by atoms with Gasteiger partial charge in [-0.15, -0.1) is 5.10 Å². The van der Waals surface area contributed by atoms with E-state index in [1.165, 1.54) is 4.90 Å². The summed E-state index contributed by atoms with van der Waals surface area (Å²) in [5, 5.41) is 14.2. The van der Waals surface area contributed by atoms with Crippen molar-refractivity contribution in [1.82, 2.24) is 9.78 Å². The first-order valence-electron chi connectivity index (χ1n) is 6.98. The van der Waals surface area contributed by atoms with Crippen molar-refractivity contribution in [2.24, 2.45) is 0 Å².